The first-order valence-corrected chi connectivity index (χ1v) is 6.23. The van der Waals surface area contributed by atoms with Gasteiger partial charge in [0, 0.05) is 11.4 Å². The quantitative estimate of drug-likeness (QED) is 0.628. The molecular weight excluding hydrogens is 252 g/mol. The van der Waals surface area contributed by atoms with E-state index in [2.05, 4.69) is 4.98 Å². The smallest absolute Gasteiger partial charge is 0.311 e. The molecule has 0 unspecified atom stereocenters. The summed E-state index contributed by atoms with van der Waals surface area (Å²) in [5.74, 6) is 0.274. The van der Waals surface area contributed by atoms with E-state index >= 15 is 0 Å². The van der Waals surface area contributed by atoms with Gasteiger partial charge in [0.15, 0.2) is 5.75 Å². The molecule has 0 atom stereocenters. The van der Waals surface area contributed by atoms with Gasteiger partial charge in [-0.1, -0.05) is 6.07 Å². The van der Waals surface area contributed by atoms with Crippen molar-refractivity contribution < 1.29 is 9.66 Å². The van der Waals surface area contributed by atoms with Crippen LogP contribution in [0.5, 0.6) is 5.75 Å². The van der Waals surface area contributed by atoms with Gasteiger partial charge in [0.05, 0.1) is 15.6 Å². The molecule has 6 heteroatoms. The minimum Gasteiger partial charge on any atom is -0.480 e. The van der Waals surface area contributed by atoms with E-state index in [-0.39, 0.29) is 18.0 Å². The number of nitro benzene ring substituents is 1. The average Bonchev–Trinajstić information content (AvgIpc) is 2.73. The van der Waals surface area contributed by atoms with E-state index in [1.54, 1.807) is 19.1 Å². The minimum absolute atomic E-state index is 0.0121. The molecule has 1 aromatic carbocycles. The lowest BCUT2D eigenvalue weighted by molar-refractivity contribution is -0.386. The molecule has 0 aliphatic rings. The van der Waals surface area contributed by atoms with E-state index in [9.17, 15) is 10.1 Å². The van der Waals surface area contributed by atoms with E-state index in [0.29, 0.717) is 0 Å². The summed E-state index contributed by atoms with van der Waals surface area (Å²) in [5, 5.41) is 13.7. The molecule has 2 rings (SSSR count). The van der Waals surface area contributed by atoms with Gasteiger partial charge in [0.1, 0.15) is 6.61 Å². The molecule has 18 heavy (non-hydrogen) atoms. The van der Waals surface area contributed by atoms with Crippen molar-refractivity contribution in [2.24, 2.45) is 0 Å². The van der Waals surface area contributed by atoms with Crippen molar-refractivity contribution in [2.75, 3.05) is 0 Å². The predicted molar refractivity (Wildman–Crippen MR) is 69.0 cm³/mol. The van der Waals surface area contributed by atoms with Crippen molar-refractivity contribution >= 4 is 17.0 Å². The van der Waals surface area contributed by atoms with E-state index in [1.165, 1.54) is 17.4 Å². The van der Waals surface area contributed by atoms with Crippen LogP contribution in [0.25, 0.3) is 0 Å². The van der Waals surface area contributed by atoms with E-state index in [4.69, 9.17) is 4.74 Å². The number of aryl methyl sites for hydroxylation is 2. The zero-order valence-corrected chi connectivity index (χ0v) is 10.9. The van der Waals surface area contributed by atoms with E-state index in [0.717, 1.165) is 16.3 Å². The maximum Gasteiger partial charge on any atom is 0.311 e. The van der Waals surface area contributed by atoms with Gasteiger partial charge in [-0.05, 0) is 25.5 Å². The normalized spacial score (nSPS) is 10.3. The number of aromatic nitrogens is 1. The van der Waals surface area contributed by atoms with Crippen molar-refractivity contribution in [2.45, 2.75) is 20.5 Å². The van der Waals surface area contributed by atoms with Gasteiger partial charge in [0.2, 0.25) is 0 Å². The summed E-state index contributed by atoms with van der Waals surface area (Å²) in [6.45, 7) is 3.96. The van der Waals surface area contributed by atoms with Crippen LogP contribution in [0.1, 0.15) is 16.3 Å². The maximum atomic E-state index is 10.9. The number of thiazole rings is 1. The number of benzene rings is 1. The number of rotatable bonds is 4. The highest BCUT2D eigenvalue weighted by atomic mass is 32.1. The number of nitrogens with zero attached hydrogens (tertiary/aromatic N) is 2. The topological polar surface area (TPSA) is 65.3 Å². The van der Waals surface area contributed by atoms with Gasteiger partial charge >= 0.3 is 5.69 Å². The third-order valence-corrected chi connectivity index (χ3v) is 3.18. The molecule has 1 aromatic heterocycles. The van der Waals surface area contributed by atoms with Crippen LogP contribution in [0, 0.1) is 24.0 Å². The summed E-state index contributed by atoms with van der Waals surface area (Å²) in [4.78, 5) is 14.7. The third-order valence-electron chi connectivity index (χ3n) is 2.35. The average molecular weight is 264 g/mol. The molecule has 1 heterocycles. The summed E-state index contributed by atoms with van der Waals surface area (Å²) in [7, 11) is 0. The van der Waals surface area contributed by atoms with Crippen molar-refractivity contribution in [1.29, 1.82) is 0 Å². The molecule has 5 nitrogen and oxygen atoms in total. The van der Waals surface area contributed by atoms with Crippen LogP contribution < -0.4 is 4.74 Å². The number of hydrogen-bond donors (Lipinski definition) is 0. The summed E-state index contributed by atoms with van der Waals surface area (Å²) in [6.07, 6.45) is 0. The Hall–Kier alpha value is -1.95. The Kier molecular flexibility index (Phi) is 3.57. The molecule has 0 fully saturated rings. The fraction of sp³-hybridized carbons (Fsp3) is 0.250. The maximum absolute atomic E-state index is 10.9. The molecule has 0 bridgehead atoms. The van der Waals surface area contributed by atoms with Gasteiger partial charge in [-0.25, -0.2) is 4.98 Å². The van der Waals surface area contributed by atoms with Crippen LogP contribution in [-0.2, 0) is 6.61 Å². The van der Waals surface area contributed by atoms with Crippen LogP contribution in [0.3, 0.4) is 0 Å². The summed E-state index contributed by atoms with van der Waals surface area (Å²) < 4.78 is 5.46. The SMILES string of the molecule is Cc1ccc(OCc2csc(C)n2)c([N+](=O)[O-])c1. The second-order valence-electron chi connectivity index (χ2n) is 3.87. The minimum atomic E-state index is -0.436. The Bertz CT molecular complexity index is 580. The van der Waals surface area contributed by atoms with Crippen LogP contribution >= 0.6 is 11.3 Å². The highest BCUT2D eigenvalue weighted by Gasteiger charge is 2.15. The van der Waals surface area contributed by atoms with Crippen LogP contribution in [0.15, 0.2) is 23.6 Å². The lowest BCUT2D eigenvalue weighted by Gasteiger charge is -2.05. The first kappa shape index (κ1) is 12.5. The molecule has 0 spiro atoms. The molecule has 2 aromatic rings. The molecular formula is C12H12N2O3S. The Morgan fingerprint density at radius 2 is 2.22 bits per heavy atom. The lowest BCUT2D eigenvalue weighted by Crippen LogP contribution is -1.99. The van der Waals surface area contributed by atoms with E-state index in [1.807, 2.05) is 12.3 Å². The summed E-state index contributed by atoms with van der Waals surface area (Å²) >= 11 is 1.53. The molecule has 94 valence electrons. The molecule has 0 saturated carbocycles. The Labute approximate surface area is 108 Å². The van der Waals surface area contributed by atoms with E-state index < -0.39 is 4.92 Å². The van der Waals surface area contributed by atoms with Crippen LogP contribution in [0.2, 0.25) is 0 Å². The zero-order valence-electron chi connectivity index (χ0n) is 10.0. The van der Waals surface area contributed by atoms with Gasteiger partial charge in [-0.2, -0.15) is 0 Å². The number of ether oxygens (including phenoxy) is 1. The Morgan fingerprint density at radius 1 is 1.44 bits per heavy atom. The van der Waals surface area contributed by atoms with Crippen molar-refractivity contribution in [3.05, 3.63) is 50.0 Å². The summed E-state index contributed by atoms with van der Waals surface area (Å²) in [6, 6.07) is 4.91. The largest absolute Gasteiger partial charge is 0.480 e. The second kappa shape index (κ2) is 5.14. The Balaban J connectivity index is 2.16. The second-order valence-corrected chi connectivity index (χ2v) is 4.94. The predicted octanol–water partition coefficient (Wildman–Crippen LogP) is 3.25. The molecule has 0 amide bonds. The van der Waals surface area contributed by atoms with Crippen LogP contribution in [0.4, 0.5) is 5.69 Å². The molecule has 0 aliphatic carbocycles. The molecule has 0 radical (unpaired) electrons. The molecule has 0 N–H and O–H groups in total. The first-order chi connectivity index (χ1) is 8.56. The fourth-order valence-corrected chi connectivity index (χ4v) is 2.12. The number of nitro groups is 1. The lowest BCUT2D eigenvalue weighted by atomic mass is 10.2. The van der Waals surface area contributed by atoms with Gasteiger partial charge < -0.3 is 4.74 Å². The highest BCUT2D eigenvalue weighted by Crippen LogP contribution is 2.28. The van der Waals surface area contributed by atoms with Crippen LogP contribution in [-0.4, -0.2) is 9.91 Å². The molecule has 0 saturated heterocycles. The first-order valence-electron chi connectivity index (χ1n) is 5.35. The van der Waals surface area contributed by atoms with Crippen molar-refractivity contribution in [3.8, 4) is 5.75 Å². The third kappa shape index (κ3) is 2.84. The van der Waals surface area contributed by atoms with Gasteiger partial charge in [-0.3, -0.25) is 10.1 Å². The highest BCUT2D eigenvalue weighted by molar-refractivity contribution is 7.09. The standard InChI is InChI=1S/C12H12N2O3S/c1-8-3-4-12(11(5-8)14(15)16)17-6-10-7-18-9(2)13-10/h3-5,7H,6H2,1-2H3. The summed E-state index contributed by atoms with van der Waals surface area (Å²) in [5.41, 5.74) is 1.60. The monoisotopic (exact) mass is 264 g/mol. The van der Waals surface area contributed by atoms with Crippen molar-refractivity contribution in [1.82, 2.24) is 4.98 Å². The van der Waals surface area contributed by atoms with Gasteiger partial charge in [0.25, 0.3) is 0 Å². The molecule has 0 aliphatic heterocycles. The van der Waals surface area contributed by atoms with Gasteiger partial charge in [-0.15, -0.1) is 11.3 Å². The fourth-order valence-electron chi connectivity index (χ4n) is 1.52. The zero-order chi connectivity index (χ0) is 13.1. The van der Waals surface area contributed by atoms with Crippen molar-refractivity contribution in [3.63, 3.8) is 0 Å². The Morgan fingerprint density at radius 3 is 2.83 bits per heavy atom. The number of hydrogen-bond acceptors (Lipinski definition) is 5.